The summed E-state index contributed by atoms with van der Waals surface area (Å²) in [7, 11) is 3.72. The van der Waals surface area contributed by atoms with Gasteiger partial charge < -0.3 is 14.8 Å². The number of likely N-dealkylation sites (N-methyl/N-ethyl adjacent to an activating group) is 1. The van der Waals surface area contributed by atoms with Crippen LogP contribution in [0.2, 0.25) is 0 Å². The average Bonchev–Trinajstić information content (AvgIpc) is 3.19. The number of hydrogen-bond donors (Lipinski definition) is 1. The Hall–Kier alpha value is -2.03. The first-order valence-electron chi connectivity index (χ1n) is 9.40. The number of carbonyl (C=O) groups is 2. The second-order valence-electron chi connectivity index (χ2n) is 7.56. The second kappa shape index (κ2) is 7.92. The predicted molar refractivity (Wildman–Crippen MR) is 95.5 cm³/mol. The molecule has 2 amide bonds. The van der Waals surface area contributed by atoms with Gasteiger partial charge in [0.25, 0.3) is 11.8 Å². The van der Waals surface area contributed by atoms with Crippen LogP contribution in [0.15, 0.2) is 12.4 Å². The number of nitrogens with one attached hydrogen (secondary N) is 1. The molecule has 0 aliphatic carbocycles. The van der Waals surface area contributed by atoms with Crippen LogP contribution in [0, 0.1) is 0 Å². The van der Waals surface area contributed by atoms with Crippen LogP contribution in [0.5, 0.6) is 0 Å². The van der Waals surface area contributed by atoms with E-state index in [-0.39, 0.29) is 49.8 Å². The summed E-state index contributed by atoms with van der Waals surface area (Å²) >= 11 is 0. The summed E-state index contributed by atoms with van der Waals surface area (Å²) in [5.41, 5.74) is 0. The first-order chi connectivity index (χ1) is 12.8. The third-order valence-electron chi connectivity index (χ3n) is 5.77. The molecule has 2 aliphatic heterocycles. The van der Waals surface area contributed by atoms with E-state index in [4.69, 9.17) is 0 Å². The first-order valence-corrected chi connectivity index (χ1v) is 9.40. The molecule has 3 heterocycles. The SMILES string of the molecule is CN1[C@@H](CC(=O)N2CCC(F)(F)CC2)CC[C@H]1CNC(=O)c1nccn1C. The molecular formula is C18H27F2N5O2. The predicted octanol–water partition coefficient (Wildman–Crippen LogP) is 1.26. The van der Waals surface area contributed by atoms with Crippen LogP contribution < -0.4 is 5.32 Å². The van der Waals surface area contributed by atoms with Crippen molar-refractivity contribution in [2.24, 2.45) is 7.05 Å². The molecular weight excluding hydrogens is 356 g/mol. The van der Waals surface area contributed by atoms with E-state index in [1.54, 1.807) is 28.9 Å². The van der Waals surface area contributed by atoms with Crippen LogP contribution in [0.4, 0.5) is 8.78 Å². The Balaban J connectivity index is 1.45. The zero-order valence-corrected chi connectivity index (χ0v) is 15.8. The quantitative estimate of drug-likeness (QED) is 0.831. The van der Waals surface area contributed by atoms with E-state index in [1.807, 2.05) is 7.05 Å². The van der Waals surface area contributed by atoms with Gasteiger partial charge in [0.1, 0.15) is 0 Å². The molecule has 27 heavy (non-hydrogen) atoms. The highest BCUT2D eigenvalue weighted by molar-refractivity contribution is 5.90. The van der Waals surface area contributed by atoms with Gasteiger partial charge in [0.05, 0.1) is 0 Å². The minimum atomic E-state index is -2.64. The molecule has 2 aliphatic rings. The van der Waals surface area contributed by atoms with Gasteiger partial charge >= 0.3 is 0 Å². The fraction of sp³-hybridized carbons (Fsp3) is 0.722. The number of amides is 2. The minimum absolute atomic E-state index is 0.0555. The smallest absolute Gasteiger partial charge is 0.287 e. The van der Waals surface area contributed by atoms with Crippen LogP contribution in [-0.4, -0.2) is 75.9 Å². The molecule has 9 heteroatoms. The number of aryl methyl sites for hydroxylation is 1. The Kier molecular flexibility index (Phi) is 5.78. The molecule has 7 nitrogen and oxygen atoms in total. The lowest BCUT2D eigenvalue weighted by Crippen LogP contribution is -2.46. The molecule has 0 spiro atoms. The molecule has 2 saturated heterocycles. The highest BCUT2D eigenvalue weighted by atomic mass is 19.3. The number of halogens is 2. The lowest BCUT2D eigenvalue weighted by atomic mass is 10.0. The number of carbonyl (C=O) groups excluding carboxylic acids is 2. The van der Waals surface area contributed by atoms with Crippen LogP contribution in [-0.2, 0) is 11.8 Å². The van der Waals surface area contributed by atoms with Crippen molar-refractivity contribution in [1.29, 1.82) is 0 Å². The Morgan fingerprint density at radius 2 is 1.89 bits per heavy atom. The third-order valence-corrected chi connectivity index (χ3v) is 5.77. The summed E-state index contributed by atoms with van der Waals surface area (Å²) in [5.74, 6) is -2.55. The lowest BCUT2D eigenvalue weighted by molar-refractivity contribution is -0.138. The van der Waals surface area contributed by atoms with E-state index in [1.165, 1.54) is 0 Å². The van der Waals surface area contributed by atoms with Crippen molar-refractivity contribution in [3.05, 3.63) is 18.2 Å². The van der Waals surface area contributed by atoms with Gasteiger partial charge in [-0.3, -0.25) is 14.5 Å². The molecule has 0 aromatic carbocycles. The molecule has 2 fully saturated rings. The number of likely N-dealkylation sites (tertiary alicyclic amines) is 2. The normalized spacial score (nSPS) is 25.6. The zero-order valence-electron chi connectivity index (χ0n) is 15.8. The molecule has 1 aromatic heterocycles. The van der Waals surface area contributed by atoms with Crippen molar-refractivity contribution in [3.8, 4) is 0 Å². The van der Waals surface area contributed by atoms with Gasteiger partial charge in [0, 0.05) is 70.4 Å². The number of hydrogen-bond acceptors (Lipinski definition) is 4. The van der Waals surface area contributed by atoms with Crippen LogP contribution in [0.1, 0.15) is 42.7 Å². The average molecular weight is 383 g/mol. The van der Waals surface area contributed by atoms with Crippen LogP contribution in [0.25, 0.3) is 0 Å². The van der Waals surface area contributed by atoms with Crippen molar-refractivity contribution in [2.75, 3.05) is 26.7 Å². The standard InChI is InChI=1S/C18H27F2N5O2/c1-23-10-7-21-16(23)17(27)22-12-14-4-3-13(24(14)2)11-15(26)25-8-5-18(19,20)6-9-25/h7,10,13-14H,3-6,8-9,11-12H2,1-2H3,(H,22,27)/t13-,14+/m1/s1. The summed E-state index contributed by atoms with van der Waals surface area (Å²) in [4.78, 5) is 32.3. The van der Waals surface area contributed by atoms with E-state index < -0.39 is 5.92 Å². The number of rotatable bonds is 5. The summed E-state index contributed by atoms with van der Waals surface area (Å²) in [6.45, 7) is 0.750. The minimum Gasteiger partial charge on any atom is -0.348 e. The van der Waals surface area contributed by atoms with Gasteiger partial charge in [0.15, 0.2) is 5.82 Å². The Morgan fingerprint density at radius 3 is 2.52 bits per heavy atom. The van der Waals surface area contributed by atoms with Crippen LogP contribution in [0.3, 0.4) is 0 Å². The van der Waals surface area contributed by atoms with Gasteiger partial charge in [-0.05, 0) is 19.9 Å². The molecule has 0 saturated carbocycles. The van der Waals surface area contributed by atoms with Crippen molar-refractivity contribution >= 4 is 11.8 Å². The van der Waals surface area contributed by atoms with Gasteiger partial charge in [-0.2, -0.15) is 0 Å². The fourth-order valence-electron chi connectivity index (χ4n) is 3.87. The fourth-order valence-corrected chi connectivity index (χ4v) is 3.87. The maximum absolute atomic E-state index is 13.2. The number of imidazole rings is 1. The molecule has 2 atom stereocenters. The number of piperidine rings is 1. The van der Waals surface area contributed by atoms with Crippen molar-refractivity contribution in [2.45, 2.75) is 50.1 Å². The molecule has 1 N–H and O–H groups in total. The van der Waals surface area contributed by atoms with Gasteiger partial charge in [0.2, 0.25) is 5.91 Å². The Labute approximate surface area is 157 Å². The third kappa shape index (κ3) is 4.63. The maximum atomic E-state index is 13.2. The van der Waals surface area contributed by atoms with Gasteiger partial charge in [-0.1, -0.05) is 0 Å². The highest BCUT2D eigenvalue weighted by Crippen LogP contribution is 2.29. The van der Waals surface area contributed by atoms with Gasteiger partial charge in [-0.25, -0.2) is 13.8 Å². The summed E-state index contributed by atoms with van der Waals surface area (Å²) in [6.07, 6.45) is 4.88. The number of aromatic nitrogens is 2. The highest BCUT2D eigenvalue weighted by Gasteiger charge is 2.37. The Bertz CT molecular complexity index is 683. The summed E-state index contributed by atoms with van der Waals surface area (Å²) in [5, 5.41) is 2.90. The van der Waals surface area contributed by atoms with Gasteiger partial charge in [-0.15, -0.1) is 0 Å². The number of nitrogens with zero attached hydrogens (tertiary/aromatic N) is 4. The van der Waals surface area contributed by atoms with Crippen molar-refractivity contribution in [3.63, 3.8) is 0 Å². The second-order valence-corrected chi connectivity index (χ2v) is 7.56. The molecule has 0 radical (unpaired) electrons. The van der Waals surface area contributed by atoms with E-state index in [0.717, 1.165) is 12.8 Å². The Morgan fingerprint density at radius 1 is 1.22 bits per heavy atom. The first kappa shape index (κ1) is 19.7. The van der Waals surface area contributed by atoms with E-state index >= 15 is 0 Å². The number of alkyl halides is 2. The molecule has 150 valence electrons. The summed E-state index contributed by atoms with van der Waals surface area (Å²) in [6, 6.07) is 0.229. The summed E-state index contributed by atoms with van der Waals surface area (Å²) < 4.78 is 28.2. The topological polar surface area (TPSA) is 70.5 Å². The largest absolute Gasteiger partial charge is 0.348 e. The molecule has 0 unspecified atom stereocenters. The maximum Gasteiger partial charge on any atom is 0.287 e. The van der Waals surface area contributed by atoms with Crippen molar-refractivity contribution in [1.82, 2.24) is 24.7 Å². The van der Waals surface area contributed by atoms with E-state index in [0.29, 0.717) is 18.8 Å². The molecule has 1 aromatic rings. The van der Waals surface area contributed by atoms with E-state index in [9.17, 15) is 18.4 Å². The monoisotopic (exact) mass is 383 g/mol. The van der Waals surface area contributed by atoms with E-state index in [2.05, 4.69) is 15.2 Å². The molecule has 3 rings (SSSR count). The molecule has 0 bridgehead atoms. The van der Waals surface area contributed by atoms with Crippen LogP contribution >= 0.6 is 0 Å². The lowest BCUT2D eigenvalue weighted by Gasteiger charge is -2.33. The zero-order chi connectivity index (χ0) is 19.6. The van der Waals surface area contributed by atoms with Crippen molar-refractivity contribution < 1.29 is 18.4 Å².